The van der Waals surface area contributed by atoms with Gasteiger partial charge in [-0.1, -0.05) is 12.1 Å². The monoisotopic (exact) mass is 353 g/mol. The molecule has 0 unspecified atom stereocenters. The minimum atomic E-state index is -0.334. The predicted molar refractivity (Wildman–Crippen MR) is 103 cm³/mol. The highest BCUT2D eigenvalue weighted by molar-refractivity contribution is 5.39. The van der Waals surface area contributed by atoms with Gasteiger partial charge in [-0.2, -0.15) is 5.26 Å². The molecule has 2 aliphatic carbocycles. The highest BCUT2D eigenvalue weighted by Gasteiger charge is 2.39. The third-order valence-electron chi connectivity index (χ3n) is 6.68. The number of hydrogen-bond donors (Lipinski definition) is 1. The minimum absolute atomic E-state index is 0.334. The van der Waals surface area contributed by atoms with Crippen LogP contribution in [0.15, 0.2) is 24.3 Å². The zero-order valence-corrected chi connectivity index (χ0v) is 15.8. The molecule has 140 valence electrons. The van der Waals surface area contributed by atoms with E-state index in [4.69, 9.17) is 4.74 Å². The Hall–Kier alpha value is -1.57. The molecule has 1 saturated heterocycles. The summed E-state index contributed by atoms with van der Waals surface area (Å²) in [5.74, 6) is 0.952. The first-order valence-electron chi connectivity index (χ1n) is 10.4. The van der Waals surface area contributed by atoms with Crippen LogP contribution in [0.2, 0.25) is 0 Å². The molecule has 4 heteroatoms. The molecule has 1 aromatic carbocycles. The molecule has 4 nitrogen and oxygen atoms in total. The quantitative estimate of drug-likeness (QED) is 0.898. The zero-order chi connectivity index (χ0) is 17.8. The molecule has 3 fully saturated rings. The van der Waals surface area contributed by atoms with Crippen LogP contribution in [0.4, 0.5) is 0 Å². The Kier molecular flexibility index (Phi) is 5.47. The zero-order valence-electron chi connectivity index (χ0n) is 15.8. The predicted octanol–water partition coefficient (Wildman–Crippen LogP) is 3.62. The first-order chi connectivity index (χ1) is 12.8. The maximum absolute atomic E-state index is 10.1. The normalized spacial score (nSPS) is 30.8. The van der Waals surface area contributed by atoms with Crippen molar-refractivity contribution < 1.29 is 4.74 Å². The molecule has 26 heavy (non-hydrogen) atoms. The van der Waals surface area contributed by atoms with Crippen LogP contribution in [0.3, 0.4) is 0 Å². The standard InChI is InChI=1S/C22H31N3O/c23-17-22(10-8-19(9-11-22)25-14-12-24-13-15-25)18-4-3-7-21(16-18)26-20-5-1-2-6-20/h3-4,7,16,19-20,24H,1-2,5-6,8-15H2. The van der Waals surface area contributed by atoms with Gasteiger partial charge in [0.1, 0.15) is 5.75 Å². The summed E-state index contributed by atoms with van der Waals surface area (Å²) in [7, 11) is 0. The molecule has 0 spiro atoms. The topological polar surface area (TPSA) is 48.3 Å². The van der Waals surface area contributed by atoms with Gasteiger partial charge in [-0.05, 0) is 69.1 Å². The van der Waals surface area contributed by atoms with Gasteiger partial charge < -0.3 is 10.1 Å². The van der Waals surface area contributed by atoms with E-state index in [0.717, 1.165) is 63.2 Å². The number of nitriles is 1. The van der Waals surface area contributed by atoms with E-state index in [2.05, 4.69) is 40.6 Å². The third kappa shape index (κ3) is 3.75. The number of nitrogens with one attached hydrogen (secondary N) is 1. The Labute approximate surface area is 157 Å². The van der Waals surface area contributed by atoms with Gasteiger partial charge in [0.15, 0.2) is 0 Å². The Morgan fingerprint density at radius 3 is 2.50 bits per heavy atom. The molecule has 1 aromatic rings. The maximum Gasteiger partial charge on any atom is 0.120 e. The van der Waals surface area contributed by atoms with E-state index in [1.165, 1.54) is 25.7 Å². The van der Waals surface area contributed by atoms with Crippen molar-refractivity contribution in [2.45, 2.75) is 68.9 Å². The number of piperazine rings is 1. The first kappa shape index (κ1) is 17.8. The van der Waals surface area contributed by atoms with Gasteiger partial charge in [0.05, 0.1) is 17.6 Å². The van der Waals surface area contributed by atoms with Gasteiger partial charge in [0, 0.05) is 32.2 Å². The summed E-state index contributed by atoms with van der Waals surface area (Å²) in [4.78, 5) is 2.62. The number of ether oxygens (including phenoxy) is 1. The second kappa shape index (κ2) is 7.98. The number of benzene rings is 1. The van der Waals surface area contributed by atoms with Crippen molar-refractivity contribution in [2.24, 2.45) is 0 Å². The molecule has 1 N–H and O–H groups in total. The molecule has 1 heterocycles. The lowest BCUT2D eigenvalue weighted by Crippen LogP contribution is -2.50. The smallest absolute Gasteiger partial charge is 0.120 e. The van der Waals surface area contributed by atoms with Gasteiger partial charge in [-0.3, -0.25) is 4.90 Å². The summed E-state index contributed by atoms with van der Waals surface area (Å²) in [5.41, 5.74) is 0.828. The fourth-order valence-electron chi connectivity index (χ4n) is 5.04. The molecule has 4 rings (SSSR count). The highest BCUT2D eigenvalue weighted by atomic mass is 16.5. The third-order valence-corrected chi connectivity index (χ3v) is 6.68. The van der Waals surface area contributed by atoms with E-state index in [-0.39, 0.29) is 5.41 Å². The van der Waals surface area contributed by atoms with Crippen molar-refractivity contribution in [3.05, 3.63) is 29.8 Å². The van der Waals surface area contributed by atoms with E-state index < -0.39 is 0 Å². The van der Waals surface area contributed by atoms with Gasteiger partial charge >= 0.3 is 0 Å². The second-order valence-electron chi connectivity index (χ2n) is 8.26. The Morgan fingerprint density at radius 1 is 1.08 bits per heavy atom. The van der Waals surface area contributed by atoms with Crippen LogP contribution >= 0.6 is 0 Å². The van der Waals surface area contributed by atoms with Crippen molar-refractivity contribution in [1.82, 2.24) is 10.2 Å². The molecule has 3 aliphatic rings. The van der Waals surface area contributed by atoms with E-state index in [9.17, 15) is 5.26 Å². The van der Waals surface area contributed by atoms with Gasteiger partial charge in [-0.15, -0.1) is 0 Å². The fraction of sp³-hybridized carbons (Fsp3) is 0.682. The van der Waals surface area contributed by atoms with Crippen LogP contribution in [0.5, 0.6) is 5.75 Å². The summed E-state index contributed by atoms with van der Waals surface area (Å²) in [6.45, 7) is 4.49. The molecule has 0 bridgehead atoms. The molecular formula is C22H31N3O. The molecule has 0 atom stereocenters. The Morgan fingerprint density at radius 2 is 1.81 bits per heavy atom. The average molecular weight is 354 g/mol. The van der Waals surface area contributed by atoms with Crippen molar-refractivity contribution in [3.63, 3.8) is 0 Å². The molecule has 0 amide bonds. The van der Waals surface area contributed by atoms with Gasteiger partial charge in [-0.25, -0.2) is 0 Å². The lowest BCUT2D eigenvalue weighted by atomic mass is 9.69. The summed E-state index contributed by atoms with van der Waals surface area (Å²) >= 11 is 0. The largest absolute Gasteiger partial charge is 0.490 e. The van der Waals surface area contributed by atoms with Crippen LogP contribution in [-0.2, 0) is 5.41 Å². The molecule has 0 radical (unpaired) electrons. The number of nitrogens with zero attached hydrogens (tertiary/aromatic N) is 2. The van der Waals surface area contributed by atoms with Crippen LogP contribution in [-0.4, -0.2) is 43.2 Å². The van der Waals surface area contributed by atoms with Crippen LogP contribution in [0.1, 0.15) is 56.9 Å². The van der Waals surface area contributed by atoms with Crippen LogP contribution in [0.25, 0.3) is 0 Å². The molecule has 2 saturated carbocycles. The van der Waals surface area contributed by atoms with E-state index in [1.54, 1.807) is 0 Å². The SMILES string of the molecule is N#CC1(c2cccc(OC3CCCC3)c2)CCC(N2CCNCC2)CC1. The molecule has 0 aromatic heterocycles. The average Bonchev–Trinajstić information content (AvgIpc) is 3.22. The first-order valence-corrected chi connectivity index (χ1v) is 10.4. The van der Waals surface area contributed by atoms with E-state index in [1.807, 2.05) is 0 Å². The molecular weight excluding hydrogens is 322 g/mol. The van der Waals surface area contributed by atoms with Crippen molar-refractivity contribution in [1.29, 1.82) is 5.26 Å². The lowest BCUT2D eigenvalue weighted by molar-refractivity contribution is 0.122. The van der Waals surface area contributed by atoms with Crippen molar-refractivity contribution in [2.75, 3.05) is 26.2 Å². The van der Waals surface area contributed by atoms with E-state index in [0.29, 0.717) is 12.1 Å². The molecule has 1 aliphatic heterocycles. The summed E-state index contributed by atoms with van der Waals surface area (Å²) in [5, 5.41) is 13.5. The highest BCUT2D eigenvalue weighted by Crippen LogP contribution is 2.41. The minimum Gasteiger partial charge on any atom is -0.490 e. The van der Waals surface area contributed by atoms with Crippen molar-refractivity contribution in [3.8, 4) is 11.8 Å². The Balaban J connectivity index is 1.44. The van der Waals surface area contributed by atoms with E-state index >= 15 is 0 Å². The van der Waals surface area contributed by atoms with Gasteiger partial charge in [0.2, 0.25) is 0 Å². The second-order valence-corrected chi connectivity index (χ2v) is 8.26. The fourth-order valence-corrected chi connectivity index (χ4v) is 5.04. The number of rotatable bonds is 4. The maximum atomic E-state index is 10.1. The summed E-state index contributed by atoms with van der Waals surface area (Å²) < 4.78 is 6.19. The Bertz CT molecular complexity index is 633. The van der Waals surface area contributed by atoms with Crippen LogP contribution in [0, 0.1) is 11.3 Å². The van der Waals surface area contributed by atoms with Crippen molar-refractivity contribution >= 4 is 0 Å². The number of hydrogen-bond acceptors (Lipinski definition) is 4. The summed E-state index contributed by atoms with van der Waals surface area (Å²) in [6, 6.07) is 11.7. The summed E-state index contributed by atoms with van der Waals surface area (Å²) in [6.07, 6.45) is 9.44. The lowest BCUT2D eigenvalue weighted by Gasteiger charge is -2.42. The van der Waals surface area contributed by atoms with Gasteiger partial charge in [0.25, 0.3) is 0 Å². The van der Waals surface area contributed by atoms with Crippen LogP contribution < -0.4 is 10.1 Å².